The number of anilines is 1. The zero-order valence-corrected chi connectivity index (χ0v) is 12.5. The van der Waals surface area contributed by atoms with E-state index in [4.69, 9.17) is 4.74 Å². The molecule has 1 amide bonds. The largest absolute Gasteiger partial charge is 0.494 e. The molecule has 0 saturated carbocycles. The third-order valence-electron chi connectivity index (χ3n) is 3.04. The average Bonchev–Trinajstić information content (AvgIpc) is 2.87. The summed E-state index contributed by atoms with van der Waals surface area (Å²) in [6, 6.07) is 5.71. The maximum atomic E-state index is 13.3. The summed E-state index contributed by atoms with van der Waals surface area (Å²) in [7, 11) is 1.35. The van der Waals surface area contributed by atoms with Gasteiger partial charge in [-0.15, -0.1) is 0 Å². The van der Waals surface area contributed by atoms with Gasteiger partial charge in [-0.3, -0.25) is 9.89 Å². The summed E-state index contributed by atoms with van der Waals surface area (Å²) in [5, 5.41) is 9.59. The van der Waals surface area contributed by atoms with Crippen molar-refractivity contribution in [1.82, 2.24) is 10.2 Å². The van der Waals surface area contributed by atoms with Gasteiger partial charge in [0.25, 0.3) is 5.91 Å². The van der Waals surface area contributed by atoms with E-state index in [1.54, 1.807) is 6.07 Å². The molecule has 0 spiro atoms. The number of rotatable bonds is 3. The van der Waals surface area contributed by atoms with E-state index >= 15 is 0 Å². The van der Waals surface area contributed by atoms with Crippen LogP contribution in [0.4, 0.5) is 10.2 Å². The van der Waals surface area contributed by atoms with Crippen molar-refractivity contribution in [1.29, 1.82) is 0 Å². The number of aromatic nitrogens is 2. The maximum absolute atomic E-state index is 13.3. The molecule has 2 rings (SSSR count). The van der Waals surface area contributed by atoms with Gasteiger partial charge in [-0.05, 0) is 18.2 Å². The van der Waals surface area contributed by atoms with Gasteiger partial charge in [0.05, 0.1) is 7.11 Å². The Morgan fingerprint density at radius 3 is 2.62 bits per heavy atom. The maximum Gasteiger partial charge on any atom is 0.257 e. The van der Waals surface area contributed by atoms with Gasteiger partial charge in [0.2, 0.25) is 0 Å². The van der Waals surface area contributed by atoms with Crippen molar-refractivity contribution in [2.24, 2.45) is 0 Å². The normalized spacial score (nSPS) is 11.3. The van der Waals surface area contributed by atoms with Gasteiger partial charge >= 0.3 is 0 Å². The smallest absolute Gasteiger partial charge is 0.257 e. The van der Waals surface area contributed by atoms with Crippen LogP contribution in [0, 0.1) is 5.82 Å². The van der Waals surface area contributed by atoms with Crippen LogP contribution in [0.5, 0.6) is 5.75 Å². The van der Waals surface area contributed by atoms with Gasteiger partial charge in [0.15, 0.2) is 17.4 Å². The number of nitrogens with one attached hydrogen (secondary N) is 2. The van der Waals surface area contributed by atoms with Crippen molar-refractivity contribution < 1.29 is 13.9 Å². The number of nitrogens with zero attached hydrogens (tertiary/aromatic N) is 1. The SMILES string of the molecule is COc1cc(C(=O)Nc2cc(C(C)(C)C)[nH]n2)ccc1F. The van der Waals surface area contributed by atoms with Crippen LogP contribution in [0.25, 0.3) is 0 Å². The molecule has 0 bridgehead atoms. The number of carbonyl (C=O) groups is 1. The van der Waals surface area contributed by atoms with Crippen LogP contribution in [0.3, 0.4) is 0 Å². The number of aromatic amines is 1. The lowest BCUT2D eigenvalue weighted by Gasteiger charge is -2.14. The Labute approximate surface area is 122 Å². The summed E-state index contributed by atoms with van der Waals surface area (Å²) in [4.78, 5) is 12.1. The van der Waals surface area contributed by atoms with E-state index in [1.165, 1.54) is 25.3 Å². The third-order valence-corrected chi connectivity index (χ3v) is 3.04. The van der Waals surface area contributed by atoms with E-state index in [0.29, 0.717) is 11.4 Å². The van der Waals surface area contributed by atoms with E-state index < -0.39 is 5.82 Å². The van der Waals surface area contributed by atoms with Crippen molar-refractivity contribution in [3.63, 3.8) is 0 Å². The molecule has 2 N–H and O–H groups in total. The van der Waals surface area contributed by atoms with Gasteiger partial charge in [-0.2, -0.15) is 5.10 Å². The average molecular weight is 291 g/mol. The van der Waals surface area contributed by atoms with Crippen LogP contribution < -0.4 is 10.1 Å². The number of hydrogen-bond donors (Lipinski definition) is 2. The summed E-state index contributed by atoms with van der Waals surface area (Å²) >= 11 is 0. The molecule has 6 heteroatoms. The van der Waals surface area contributed by atoms with Gasteiger partial charge in [-0.25, -0.2) is 4.39 Å². The van der Waals surface area contributed by atoms with Crippen LogP contribution in [0.1, 0.15) is 36.8 Å². The highest BCUT2D eigenvalue weighted by atomic mass is 19.1. The minimum atomic E-state index is -0.510. The molecule has 0 unspecified atom stereocenters. The number of ether oxygens (including phenoxy) is 1. The Morgan fingerprint density at radius 1 is 1.33 bits per heavy atom. The Bertz CT molecular complexity index is 659. The van der Waals surface area contributed by atoms with Crippen LogP contribution in [0.2, 0.25) is 0 Å². The number of H-pyrrole nitrogens is 1. The first-order chi connectivity index (χ1) is 9.81. The summed E-state index contributed by atoms with van der Waals surface area (Å²) in [6.45, 7) is 6.12. The highest BCUT2D eigenvalue weighted by Crippen LogP contribution is 2.23. The van der Waals surface area contributed by atoms with Gasteiger partial charge in [0.1, 0.15) is 0 Å². The molecule has 1 aromatic carbocycles. The molecule has 0 aliphatic rings. The molecule has 21 heavy (non-hydrogen) atoms. The summed E-state index contributed by atoms with van der Waals surface area (Å²) in [5.74, 6) is -0.433. The molecule has 1 aromatic heterocycles. The molecular formula is C15H18FN3O2. The van der Waals surface area contributed by atoms with Gasteiger partial charge in [0, 0.05) is 22.7 Å². The van der Waals surface area contributed by atoms with Crippen molar-refractivity contribution in [3.8, 4) is 5.75 Å². The molecule has 0 saturated heterocycles. The number of hydrogen-bond acceptors (Lipinski definition) is 3. The number of benzene rings is 1. The summed E-state index contributed by atoms with van der Waals surface area (Å²) in [6.07, 6.45) is 0. The first kappa shape index (κ1) is 15.0. The number of methoxy groups -OCH3 is 1. The molecule has 5 nitrogen and oxygen atoms in total. The number of carbonyl (C=O) groups excluding carboxylic acids is 1. The zero-order chi connectivity index (χ0) is 15.6. The highest BCUT2D eigenvalue weighted by Gasteiger charge is 2.18. The lowest BCUT2D eigenvalue weighted by Crippen LogP contribution is -2.13. The Hall–Kier alpha value is -2.37. The zero-order valence-electron chi connectivity index (χ0n) is 12.5. The topological polar surface area (TPSA) is 67.0 Å². The molecule has 0 aliphatic heterocycles. The quantitative estimate of drug-likeness (QED) is 0.913. The first-order valence-corrected chi connectivity index (χ1v) is 6.52. The summed E-state index contributed by atoms with van der Waals surface area (Å²) in [5.41, 5.74) is 1.12. The Kier molecular flexibility index (Phi) is 3.97. The molecule has 0 atom stereocenters. The van der Waals surface area contributed by atoms with Crippen molar-refractivity contribution >= 4 is 11.7 Å². The van der Waals surface area contributed by atoms with Crippen molar-refractivity contribution in [3.05, 3.63) is 41.3 Å². The van der Waals surface area contributed by atoms with E-state index in [2.05, 4.69) is 15.5 Å². The second-order valence-electron chi connectivity index (χ2n) is 5.72. The fraction of sp³-hybridized carbons (Fsp3) is 0.333. The molecular weight excluding hydrogens is 273 g/mol. The van der Waals surface area contributed by atoms with E-state index in [0.717, 1.165) is 5.69 Å². The van der Waals surface area contributed by atoms with Crippen molar-refractivity contribution in [2.45, 2.75) is 26.2 Å². The molecule has 0 radical (unpaired) electrons. The first-order valence-electron chi connectivity index (χ1n) is 6.52. The fourth-order valence-corrected chi connectivity index (χ4v) is 1.76. The number of halogens is 1. The summed E-state index contributed by atoms with van der Waals surface area (Å²) < 4.78 is 18.2. The predicted octanol–water partition coefficient (Wildman–Crippen LogP) is 3.11. The third kappa shape index (κ3) is 3.39. The van der Waals surface area contributed by atoms with Gasteiger partial charge in [-0.1, -0.05) is 20.8 Å². The second-order valence-corrected chi connectivity index (χ2v) is 5.72. The standard InChI is InChI=1S/C15H18FN3O2/c1-15(2,3)12-8-13(19-18-12)17-14(20)9-5-6-10(16)11(7-9)21-4/h5-8H,1-4H3,(H2,17,18,19,20). The van der Waals surface area contributed by atoms with Gasteiger partial charge < -0.3 is 10.1 Å². The van der Waals surface area contributed by atoms with E-state index in [9.17, 15) is 9.18 Å². The minimum absolute atomic E-state index is 0.0278. The van der Waals surface area contributed by atoms with Crippen LogP contribution >= 0.6 is 0 Å². The monoisotopic (exact) mass is 291 g/mol. The molecule has 2 aromatic rings. The Balaban J connectivity index is 2.16. The van der Waals surface area contributed by atoms with Crippen molar-refractivity contribution in [2.75, 3.05) is 12.4 Å². The lowest BCUT2D eigenvalue weighted by molar-refractivity contribution is 0.102. The molecule has 1 heterocycles. The number of amides is 1. The van der Waals surface area contributed by atoms with Crippen LogP contribution in [0.15, 0.2) is 24.3 Å². The molecule has 0 fully saturated rings. The fourth-order valence-electron chi connectivity index (χ4n) is 1.76. The molecule has 112 valence electrons. The van der Waals surface area contributed by atoms with E-state index in [1.807, 2.05) is 20.8 Å². The van der Waals surface area contributed by atoms with Crippen LogP contribution in [-0.4, -0.2) is 23.2 Å². The predicted molar refractivity (Wildman–Crippen MR) is 78.2 cm³/mol. The lowest BCUT2D eigenvalue weighted by atomic mass is 9.92. The minimum Gasteiger partial charge on any atom is -0.494 e. The molecule has 0 aliphatic carbocycles. The second kappa shape index (κ2) is 5.55. The highest BCUT2D eigenvalue weighted by molar-refractivity contribution is 6.04. The van der Waals surface area contributed by atoms with E-state index in [-0.39, 0.29) is 17.1 Å². The van der Waals surface area contributed by atoms with Crippen LogP contribution in [-0.2, 0) is 5.41 Å². The Morgan fingerprint density at radius 2 is 2.05 bits per heavy atom.